The highest BCUT2D eigenvalue weighted by Gasteiger charge is 2.35. The van der Waals surface area contributed by atoms with Crippen LogP contribution in [0.4, 0.5) is 5.69 Å². The number of ether oxygens (including phenoxy) is 2. The fraction of sp³-hybridized carbons (Fsp3) is 0.417. The summed E-state index contributed by atoms with van der Waals surface area (Å²) in [5.74, 6) is 0.205. The van der Waals surface area contributed by atoms with Gasteiger partial charge in [0.1, 0.15) is 0 Å². The molecule has 0 spiro atoms. The van der Waals surface area contributed by atoms with Crippen molar-refractivity contribution in [1.82, 2.24) is 9.62 Å². The Morgan fingerprint density at radius 3 is 2.35 bits per heavy atom. The molecular formula is C24H31N3O6S. The fourth-order valence-corrected chi connectivity index (χ4v) is 5.05. The summed E-state index contributed by atoms with van der Waals surface area (Å²) in [6, 6.07) is 11.5. The van der Waals surface area contributed by atoms with E-state index >= 15 is 0 Å². The van der Waals surface area contributed by atoms with Crippen LogP contribution in [0.2, 0.25) is 0 Å². The van der Waals surface area contributed by atoms with Crippen molar-refractivity contribution in [2.75, 3.05) is 32.7 Å². The van der Waals surface area contributed by atoms with Gasteiger partial charge in [-0.25, -0.2) is 8.42 Å². The molecule has 10 heteroatoms. The number of hydrogen-bond donors (Lipinski definition) is 1. The molecule has 34 heavy (non-hydrogen) atoms. The number of rotatable bonds is 9. The van der Waals surface area contributed by atoms with E-state index in [1.807, 2.05) is 13.8 Å². The first-order valence-corrected chi connectivity index (χ1v) is 12.4. The topological polar surface area (TPSA) is 105 Å². The lowest BCUT2D eigenvalue weighted by Gasteiger charge is -2.21. The molecule has 0 aliphatic carbocycles. The molecule has 1 aliphatic heterocycles. The van der Waals surface area contributed by atoms with E-state index in [-0.39, 0.29) is 42.3 Å². The lowest BCUT2D eigenvalue weighted by Crippen LogP contribution is -2.33. The Balaban J connectivity index is 1.61. The van der Waals surface area contributed by atoms with E-state index in [9.17, 15) is 18.0 Å². The molecule has 1 fully saturated rings. The van der Waals surface area contributed by atoms with Crippen LogP contribution >= 0.6 is 0 Å². The zero-order valence-corrected chi connectivity index (χ0v) is 20.9. The second-order valence-electron chi connectivity index (χ2n) is 8.42. The van der Waals surface area contributed by atoms with Crippen molar-refractivity contribution in [2.24, 2.45) is 5.92 Å². The molecule has 2 aromatic carbocycles. The van der Waals surface area contributed by atoms with Crippen molar-refractivity contribution in [3.05, 3.63) is 48.0 Å². The van der Waals surface area contributed by atoms with Gasteiger partial charge in [0, 0.05) is 44.4 Å². The quantitative estimate of drug-likeness (QED) is 0.580. The van der Waals surface area contributed by atoms with Gasteiger partial charge in [0.2, 0.25) is 21.8 Å². The van der Waals surface area contributed by atoms with Gasteiger partial charge in [-0.2, -0.15) is 4.31 Å². The maximum absolute atomic E-state index is 12.7. The monoisotopic (exact) mass is 489 g/mol. The molecule has 3 rings (SSSR count). The molecule has 184 valence electrons. The summed E-state index contributed by atoms with van der Waals surface area (Å²) in [4.78, 5) is 27.0. The predicted molar refractivity (Wildman–Crippen MR) is 128 cm³/mol. The number of sulfonamides is 1. The van der Waals surface area contributed by atoms with E-state index in [4.69, 9.17) is 9.47 Å². The first-order valence-electron chi connectivity index (χ1n) is 11.0. The zero-order chi connectivity index (χ0) is 25.0. The average molecular weight is 490 g/mol. The molecule has 9 nitrogen and oxygen atoms in total. The second kappa shape index (κ2) is 10.4. The molecule has 1 saturated heterocycles. The Kier molecular flexibility index (Phi) is 7.83. The van der Waals surface area contributed by atoms with Crippen LogP contribution in [-0.4, -0.2) is 58.4 Å². The minimum atomic E-state index is -3.56. The number of nitrogens with one attached hydrogen (secondary N) is 1. The fourth-order valence-electron chi connectivity index (χ4n) is 3.68. The predicted octanol–water partition coefficient (Wildman–Crippen LogP) is 2.40. The normalized spacial score (nSPS) is 16.3. The van der Waals surface area contributed by atoms with Gasteiger partial charge in [0.25, 0.3) is 0 Å². The second-order valence-corrected chi connectivity index (χ2v) is 10.4. The molecule has 2 amide bonds. The van der Waals surface area contributed by atoms with Gasteiger partial charge < -0.3 is 19.7 Å². The summed E-state index contributed by atoms with van der Waals surface area (Å²) >= 11 is 0. The average Bonchev–Trinajstić information content (AvgIpc) is 3.23. The van der Waals surface area contributed by atoms with E-state index in [2.05, 4.69) is 5.32 Å². The third-order valence-corrected chi connectivity index (χ3v) is 8.02. The lowest BCUT2D eigenvalue weighted by molar-refractivity contribution is -0.126. The van der Waals surface area contributed by atoms with Gasteiger partial charge in [0.15, 0.2) is 11.5 Å². The van der Waals surface area contributed by atoms with Gasteiger partial charge in [0.05, 0.1) is 25.0 Å². The molecule has 0 radical (unpaired) electrons. The van der Waals surface area contributed by atoms with Crippen LogP contribution in [0.25, 0.3) is 0 Å². The summed E-state index contributed by atoms with van der Waals surface area (Å²) < 4.78 is 37.0. The Morgan fingerprint density at radius 2 is 1.76 bits per heavy atom. The number of carbonyl (C=O) groups is 2. The zero-order valence-electron chi connectivity index (χ0n) is 20.1. The van der Waals surface area contributed by atoms with Crippen molar-refractivity contribution in [3.63, 3.8) is 0 Å². The molecule has 1 unspecified atom stereocenters. The number of carbonyl (C=O) groups excluding carboxylic acids is 2. The smallest absolute Gasteiger partial charge is 0.243 e. The minimum Gasteiger partial charge on any atom is -0.493 e. The van der Waals surface area contributed by atoms with Crippen LogP contribution in [0, 0.1) is 5.92 Å². The molecule has 1 N–H and O–H groups in total. The maximum Gasteiger partial charge on any atom is 0.243 e. The van der Waals surface area contributed by atoms with Crippen LogP contribution in [0.1, 0.15) is 25.8 Å². The number of methoxy groups -OCH3 is 2. The molecule has 0 aromatic heterocycles. The van der Waals surface area contributed by atoms with Crippen LogP contribution < -0.4 is 19.7 Å². The maximum atomic E-state index is 12.7. The molecule has 0 saturated carbocycles. The van der Waals surface area contributed by atoms with Crippen LogP contribution in [0.3, 0.4) is 0 Å². The van der Waals surface area contributed by atoms with Crippen LogP contribution in [-0.2, 0) is 26.2 Å². The number of amides is 2. The third-order valence-electron chi connectivity index (χ3n) is 5.97. The van der Waals surface area contributed by atoms with Crippen molar-refractivity contribution in [1.29, 1.82) is 0 Å². The summed E-state index contributed by atoms with van der Waals surface area (Å²) in [6.45, 7) is 4.11. The SMILES string of the molecule is COc1ccc(N2CC(C(=O)NCc3ccc(S(=O)(=O)N(C)C(C)C)cc3)CC2=O)cc1OC. The van der Waals surface area contributed by atoms with E-state index in [0.717, 1.165) is 5.56 Å². The Hall–Kier alpha value is -3.11. The molecule has 1 aliphatic rings. The number of hydrogen-bond acceptors (Lipinski definition) is 6. The number of nitrogens with zero attached hydrogens (tertiary/aromatic N) is 2. The highest BCUT2D eigenvalue weighted by molar-refractivity contribution is 7.89. The lowest BCUT2D eigenvalue weighted by atomic mass is 10.1. The first-order chi connectivity index (χ1) is 16.1. The van der Waals surface area contributed by atoms with Crippen molar-refractivity contribution in [2.45, 2.75) is 37.8 Å². The number of benzene rings is 2. The van der Waals surface area contributed by atoms with Crippen molar-refractivity contribution >= 4 is 27.5 Å². The van der Waals surface area contributed by atoms with E-state index in [1.165, 1.54) is 30.7 Å². The van der Waals surface area contributed by atoms with E-state index in [0.29, 0.717) is 17.2 Å². The molecule has 2 aromatic rings. The van der Waals surface area contributed by atoms with Crippen molar-refractivity contribution in [3.8, 4) is 11.5 Å². The summed E-state index contributed by atoms with van der Waals surface area (Å²) in [6.07, 6.45) is 0.110. The van der Waals surface area contributed by atoms with E-state index < -0.39 is 15.9 Å². The summed E-state index contributed by atoms with van der Waals surface area (Å²) in [5.41, 5.74) is 1.40. The molecule has 0 bridgehead atoms. The highest BCUT2D eigenvalue weighted by atomic mass is 32.2. The van der Waals surface area contributed by atoms with Crippen LogP contribution in [0.5, 0.6) is 11.5 Å². The first kappa shape index (κ1) is 25.5. The summed E-state index contributed by atoms with van der Waals surface area (Å²) in [7, 11) is 1.04. The Labute approximate surface area is 200 Å². The largest absolute Gasteiger partial charge is 0.493 e. The molecular weight excluding hydrogens is 458 g/mol. The van der Waals surface area contributed by atoms with Gasteiger partial charge in [-0.1, -0.05) is 12.1 Å². The van der Waals surface area contributed by atoms with Crippen molar-refractivity contribution < 1.29 is 27.5 Å². The highest BCUT2D eigenvalue weighted by Crippen LogP contribution is 2.34. The minimum absolute atomic E-state index is 0.110. The van der Waals surface area contributed by atoms with Gasteiger partial charge >= 0.3 is 0 Å². The van der Waals surface area contributed by atoms with Gasteiger partial charge in [-0.3, -0.25) is 9.59 Å². The van der Waals surface area contributed by atoms with Crippen LogP contribution in [0.15, 0.2) is 47.4 Å². The number of anilines is 1. The Bertz CT molecular complexity index is 1150. The van der Waals surface area contributed by atoms with Gasteiger partial charge in [-0.15, -0.1) is 0 Å². The summed E-state index contributed by atoms with van der Waals surface area (Å²) in [5, 5.41) is 2.85. The standard InChI is InChI=1S/C24H31N3O6S/c1-16(2)26(3)34(30,31)20-9-6-17(7-10-20)14-25-24(29)18-12-23(28)27(15-18)19-8-11-21(32-4)22(13-19)33-5/h6-11,13,16,18H,12,14-15H2,1-5H3,(H,25,29). The van der Waals surface area contributed by atoms with Gasteiger partial charge in [-0.05, 0) is 43.7 Å². The molecule has 1 atom stereocenters. The third kappa shape index (κ3) is 5.34. The van der Waals surface area contributed by atoms with E-state index in [1.54, 1.807) is 42.3 Å². The Morgan fingerprint density at radius 1 is 1.12 bits per heavy atom. The molecule has 1 heterocycles.